The molecule has 35 heavy (non-hydrogen) atoms. The van der Waals surface area contributed by atoms with E-state index in [-0.39, 0.29) is 5.91 Å². The van der Waals surface area contributed by atoms with Gasteiger partial charge in [-0.25, -0.2) is 0 Å². The van der Waals surface area contributed by atoms with Crippen molar-refractivity contribution in [2.45, 2.75) is 39.5 Å². The van der Waals surface area contributed by atoms with Crippen molar-refractivity contribution in [3.8, 4) is 5.75 Å². The molecular formula is C27H25Cl2N3O2S. The average molecular weight is 526 g/mol. The van der Waals surface area contributed by atoms with E-state index in [1.165, 1.54) is 0 Å². The number of nitrogens with one attached hydrogen (secondary N) is 2. The molecule has 5 rings (SSSR count). The number of carbonyl (C=O) groups is 1. The highest BCUT2D eigenvalue weighted by molar-refractivity contribution is 7.80. The first-order valence-corrected chi connectivity index (χ1v) is 12.5. The Bertz CT molecular complexity index is 1360. The van der Waals surface area contributed by atoms with Crippen LogP contribution in [0.3, 0.4) is 0 Å². The standard InChI is InChI=1S/C27H25Cl2N3O2S/c1-14-5-8-18(9-6-14)32-26(35)31-23-19-12-17(28)13-20(29)24(19)34-27(32,4)22(23)25(33)30-21-10-7-15(2)11-16(21)3/h5-13,22-23H,1-4H3,(H,30,33)(H,31,35). The van der Waals surface area contributed by atoms with Crippen LogP contribution in [-0.4, -0.2) is 16.7 Å². The van der Waals surface area contributed by atoms with Gasteiger partial charge in [-0.2, -0.15) is 0 Å². The number of benzene rings is 3. The number of fused-ring (bicyclic) bond motifs is 4. The minimum atomic E-state index is -1.16. The highest BCUT2D eigenvalue weighted by Gasteiger charge is 2.59. The largest absolute Gasteiger partial charge is 0.465 e. The summed E-state index contributed by atoms with van der Waals surface area (Å²) in [5, 5.41) is 7.81. The van der Waals surface area contributed by atoms with Gasteiger partial charge in [-0.1, -0.05) is 58.6 Å². The molecule has 3 aromatic rings. The number of hydrogen-bond acceptors (Lipinski definition) is 3. The number of ether oxygens (including phenoxy) is 1. The first-order valence-electron chi connectivity index (χ1n) is 11.3. The normalized spacial score (nSPS) is 22.7. The van der Waals surface area contributed by atoms with Gasteiger partial charge in [0.1, 0.15) is 11.7 Å². The molecule has 0 saturated carbocycles. The minimum Gasteiger partial charge on any atom is -0.465 e. The van der Waals surface area contributed by atoms with Crippen molar-refractivity contribution >= 4 is 57.8 Å². The molecule has 3 atom stereocenters. The van der Waals surface area contributed by atoms with E-state index in [2.05, 4.69) is 10.6 Å². The lowest BCUT2D eigenvalue weighted by Gasteiger charge is -2.56. The fraction of sp³-hybridized carbons (Fsp3) is 0.259. The lowest BCUT2D eigenvalue weighted by molar-refractivity contribution is -0.130. The molecule has 2 N–H and O–H groups in total. The summed E-state index contributed by atoms with van der Waals surface area (Å²) in [5.41, 5.74) is 4.33. The summed E-state index contributed by atoms with van der Waals surface area (Å²) in [7, 11) is 0. The van der Waals surface area contributed by atoms with Crippen LogP contribution in [0.5, 0.6) is 5.75 Å². The summed E-state index contributed by atoms with van der Waals surface area (Å²) < 4.78 is 6.61. The molecule has 0 spiro atoms. The first-order chi connectivity index (χ1) is 16.6. The topological polar surface area (TPSA) is 53.6 Å². The summed E-state index contributed by atoms with van der Waals surface area (Å²) in [4.78, 5) is 15.8. The van der Waals surface area contributed by atoms with Crippen molar-refractivity contribution in [2.24, 2.45) is 5.92 Å². The van der Waals surface area contributed by atoms with Crippen LogP contribution in [-0.2, 0) is 4.79 Å². The molecule has 180 valence electrons. The number of hydrogen-bond donors (Lipinski definition) is 2. The van der Waals surface area contributed by atoms with Gasteiger partial charge in [-0.15, -0.1) is 0 Å². The molecule has 8 heteroatoms. The lowest BCUT2D eigenvalue weighted by Crippen LogP contribution is -2.72. The van der Waals surface area contributed by atoms with E-state index < -0.39 is 17.7 Å². The molecule has 2 aliphatic heterocycles. The van der Waals surface area contributed by atoms with Gasteiger partial charge in [-0.05, 0) is 75.8 Å². The second kappa shape index (κ2) is 8.70. The third-order valence-corrected chi connectivity index (χ3v) is 7.53. The van der Waals surface area contributed by atoms with Crippen molar-refractivity contribution in [1.82, 2.24) is 5.32 Å². The average Bonchev–Trinajstić information content (AvgIpc) is 2.77. The fourth-order valence-corrected chi connectivity index (χ4v) is 6.01. The molecule has 3 unspecified atom stereocenters. The Morgan fingerprint density at radius 1 is 1.06 bits per heavy atom. The van der Waals surface area contributed by atoms with Gasteiger partial charge in [0.2, 0.25) is 5.91 Å². The van der Waals surface area contributed by atoms with Gasteiger partial charge in [0.15, 0.2) is 10.8 Å². The number of halogens is 2. The SMILES string of the molecule is Cc1ccc(N2C(=S)NC3c4cc(Cl)cc(Cl)c4OC2(C)C3C(=O)Nc2ccc(C)cc2C)cc1. The quantitative estimate of drug-likeness (QED) is 0.371. The second-order valence-electron chi connectivity index (χ2n) is 9.35. The smallest absolute Gasteiger partial charge is 0.236 e. The fourth-order valence-electron chi connectivity index (χ4n) is 5.05. The molecule has 0 aliphatic carbocycles. The maximum absolute atomic E-state index is 14.0. The lowest BCUT2D eigenvalue weighted by atomic mass is 9.78. The number of anilines is 2. The van der Waals surface area contributed by atoms with E-state index in [1.54, 1.807) is 12.1 Å². The highest BCUT2D eigenvalue weighted by Crippen LogP contribution is 2.52. The zero-order valence-electron chi connectivity index (χ0n) is 19.8. The van der Waals surface area contributed by atoms with Crippen LogP contribution in [0.4, 0.5) is 11.4 Å². The van der Waals surface area contributed by atoms with E-state index in [4.69, 9.17) is 40.2 Å². The van der Waals surface area contributed by atoms with E-state index in [0.717, 1.165) is 28.1 Å². The molecule has 2 bridgehead atoms. The highest BCUT2D eigenvalue weighted by atomic mass is 35.5. The second-order valence-corrected chi connectivity index (χ2v) is 10.6. The minimum absolute atomic E-state index is 0.196. The third kappa shape index (κ3) is 4.03. The zero-order chi connectivity index (χ0) is 25.1. The Morgan fingerprint density at radius 3 is 2.43 bits per heavy atom. The molecule has 1 saturated heterocycles. The summed E-state index contributed by atoms with van der Waals surface area (Å²) >= 11 is 18.7. The Morgan fingerprint density at radius 2 is 1.74 bits per heavy atom. The number of rotatable bonds is 3. The van der Waals surface area contributed by atoms with Crippen molar-refractivity contribution in [3.63, 3.8) is 0 Å². The van der Waals surface area contributed by atoms with Gasteiger partial charge in [0.05, 0.1) is 11.1 Å². The van der Waals surface area contributed by atoms with Crippen molar-refractivity contribution in [2.75, 3.05) is 10.2 Å². The molecule has 2 heterocycles. The van der Waals surface area contributed by atoms with Gasteiger partial charge < -0.3 is 15.4 Å². The Kier molecular flexibility index (Phi) is 5.94. The molecule has 2 aliphatic rings. The molecule has 0 aromatic heterocycles. The van der Waals surface area contributed by atoms with E-state index in [1.807, 2.05) is 75.1 Å². The number of nitrogens with zero attached hydrogens (tertiary/aromatic N) is 1. The predicted octanol–water partition coefficient (Wildman–Crippen LogP) is 6.72. The monoisotopic (exact) mass is 525 g/mol. The van der Waals surface area contributed by atoms with Gasteiger partial charge in [0, 0.05) is 22.0 Å². The summed E-state index contributed by atoms with van der Waals surface area (Å²) in [6.07, 6.45) is 0. The first kappa shape index (κ1) is 23.9. The van der Waals surface area contributed by atoms with Crippen LogP contribution in [0, 0.1) is 26.7 Å². The van der Waals surface area contributed by atoms with Crippen LogP contribution in [0.15, 0.2) is 54.6 Å². The maximum Gasteiger partial charge on any atom is 0.236 e. The molecular weight excluding hydrogens is 501 g/mol. The number of amides is 1. The van der Waals surface area contributed by atoms with Crippen LogP contribution < -0.4 is 20.3 Å². The van der Waals surface area contributed by atoms with Gasteiger partial charge >= 0.3 is 0 Å². The van der Waals surface area contributed by atoms with E-state index >= 15 is 0 Å². The van der Waals surface area contributed by atoms with Crippen LogP contribution in [0.25, 0.3) is 0 Å². The van der Waals surface area contributed by atoms with Crippen molar-refractivity contribution < 1.29 is 9.53 Å². The third-order valence-electron chi connectivity index (χ3n) is 6.73. The molecule has 1 amide bonds. The van der Waals surface area contributed by atoms with Crippen LogP contribution in [0.2, 0.25) is 10.0 Å². The van der Waals surface area contributed by atoms with Crippen LogP contribution >= 0.6 is 35.4 Å². The number of thiocarbonyl (C=S) groups is 1. The molecule has 3 aromatic carbocycles. The van der Waals surface area contributed by atoms with E-state index in [9.17, 15) is 4.79 Å². The molecule has 5 nitrogen and oxygen atoms in total. The molecule has 0 radical (unpaired) electrons. The summed E-state index contributed by atoms with van der Waals surface area (Å²) in [5.74, 6) is -0.386. The number of aryl methyl sites for hydroxylation is 3. The number of carbonyl (C=O) groups excluding carboxylic acids is 1. The van der Waals surface area contributed by atoms with Gasteiger partial charge in [-0.3, -0.25) is 9.69 Å². The van der Waals surface area contributed by atoms with Crippen LogP contribution in [0.1, 0.15) is 35.2 Å². The molecule has 1 fully saturated rings. The van der Waals surface area contributed by atoms with Gasteiger partial charge in [0.25, 0.3) is 0 Å². The summed E-state index contributed by atoms with van der Waals surface area (Å²) in [6.45, 7) is 7.90. The van der Waals surface area contributed by atoms with Crippen molar-refractivity contribution in [1.29, 1.82) is 0 Å². The van der Waals surface area contributed by atoms with Crippen molar-refractivity contribution in [3.05, 3.63) is 86.9 Å². The predicted molar refractivity (Wildman–Crippen MR) is 146 cm³/mol. The maximum atomic E-state index is 14.0. The van der Waals surface area contributed by atoms with E-state index in [0.29, 0.717) is 26.5 Å². The summed E-state index contributed by atoms with van der Waals surface area (Å²) in [6, 6.07) is 16.8. The Balaban J connectivity index is 1.65. The Labute approximate surface area is 220 Å². The zero-order valence-corrected chi connectivity index (χ0v) is 22.1. The Hall–Kier alpha value is -2.80.